The van der Waals surface area contributed by atoms with Gasteiger partial charge in [-0.1, -0.05) is 18.3 Å². The zero-order valence-electron chi connectivity index (χ0n) is 9.20. The number of thiazole rings is 1. The summed E-state index contributed by atoms with van der Waals surface area (Å²) in [6.45, 7) is 2.26. The van der Waals surface area contributed by atoms with Crippen LogP contribution in [0.4, 0.5) is 5.13 Å². The fraction of sp³-hybridized carbons (Fsp3) is 0.636. The lowest BCUT2D eigenvalue weighted by Crippen LogP contribution is -2.26. The minimum atomic E-state index is 0.133. The summed E-state index contributed by atoms with van der Waals surface area (Å²) in [6.07, 6.45) is 6.07. The van der Waals surface area contributed by atoms with E-state index in [9.17, 15) is 4.79 Å². The fourth-order valence-corrected chi connectivity index (χ4v) is 3.15. The van der Waals surface area contributed by atoms with Crippen molar-refractivity contribution in [3.05, 3.63) is 9.98 Å². The predicted molar refractivity (Wildman–Crippen MR) is 69.6 cm³/mol. The molecular weight excluding hydrogens is 288 g/mol. The number of carbonyl (C=O) groups excluding carboxylic acids is 1. The Labute approximate surface area is 108 Å². The van der Waals surface area contributed by atoms with E-state index in [0.717, 1.165) is 22.5 Å². The highest BCUT2D eigenvalue weighted by Gasteiger charge is 2.24. The van der Waals surface area contributed by atoms with Crippen molar-refractivity contribution < 1.29 is 4.79 Å². The van der Waals surface area contributed by atoms with E-state index in [0.29, 0.717) is 5.13 Å². The monoisotopic (exact) mass is 302 g/mol. The Morgan fingerprint density at radius 2 is 2.19 bits per heavy atom. The number of amides is 1. The topological polar surface area (TPSA) is 42.0 Å². The first-order valence-electron chi connectivity index (χ1n) is 5.57. The maximum Gasteiger partial charge on any atom is 0.229 e. The highest BCUT2D eigenvalue weighted by atomic mass is 79.9. The van der Waals surface area contributed by atoms with E-state index < -0.39 is 0 Å². The molecule has 0 aromatic carbocycles. The maximum absolute atomic E-state index is 11.9. The van der Waals surface area contributed by atoms with Crippen LogP contribution in [0.15, 0.2) is 9.98 Å². The van der Waals surface area contributed by atoms with Gasteiger partial charge in [-0.05, 0) is 47.5 Å². The van der Waals surface area contributed by atoms with E-state index in [1.165, 1.54) is 24.2 Å². The summed E-state index contributed by atoms with van der Waals surface area (Å²) in [5.41, 5.74) is 0. The van der Waals surface area contributed by atoms with Gasteiger partial charge in [0.05, 0.1) is 9.98 Å². The highest BCUT2D eigenvalue weighted by molar-refractivity contribution is 9.11. The largest absolute Gasteiger partial charge is 0.302 e. The summed E-state index contributed by atoms with van der Waals surface area (Å²) in [5.74, 6) is 1.09. The van der Waals surface area contributed by atoms with Crippen molar-refractivity contribution in [3.8, 4) is 0 Å². The average Bonchev–Trinajstić information content (AvgIpc) is 2.65. The highest BCUT2D eigenvalue weighted by Crippen LogP contribution is 2.30. The van der Waals surface area contributed by atoms with Gasteiger partial charge >= 0.3 is 0 Å². The Morgan fingerprint density at radius 1 is 1.50 bits per heavy atom. The molecule has 16 heavy (non-hydrogen) atoms. The third-order valence-electron chi connectivity index (χ3n) is 3.09. The molecular formula is C11H15BrN2OS. The molecule has 2 rings (SSSR count). The second kappa shape index (κ2) is 5.27. The minimum Gasteiger partial charge on any atom is -0.302 e. The van der Waals surface area contributed by atoms with Crippen LogP contribution in [0.5, 0.6) is 0 Å². The maximum atomic E-state index is 11.9. The van der Waals surface area contributed by atoms with Crippen LogP contribution < -0.4 is 5.32 Å². The summed E-state index contributed by atoms with van der Waals surface area (Å²) < 4.78 is 0.945. The molecule has 1 aliphatic carbocycles. The molecule has 1 aromatic heterocycles. The Bertz CT molecular complexity index is 372. The standard InChI is InChI=1S/C11H15BrN2OS/c1-7-2-4-8(5-3-7)10(15)14-11-13-6-9(12)16-11/h6-8H,2-5H2,1H3,(H,13,14,15). The number of aromatic nitrogens is 1. The van der Waals surface area contributed by atoms with Crippen molar-refractivity contribution >= 4 is 38.3 Å². The van der Waals surface area contributed by atoms with Crippen molar-refractivity contribution in [1.82, 2.24) is 4.98 Å². The van der Waals surface area contributed by atoms with Gasteiger partial charge in [0.25, 0.3) is 0 Å². The van der Waals surface area contributed by atoms with Crippen molar-refractivity contribution in [2.75, 3.05) is 5.32 Å². The zero-order chi connectivity index (χ0) is 11.5. The predicted octanol–water partition coefficient (Wildman–Crippen LogP) is 3.67. The lowest BCUT2D eigenvalue weighted by atomic mass is 9.82. The Hall–Kier alpha value is -0.420. The molecule has 1 amide bonds. The molecule has 88 valence electrons. The molecule has 3 nitrogen and oxygen atoms in total. The van der Waals surface area contributed by atoms with E-state index >= 15 is 0 Å². The summed E-state index contributed by atoms with van der Waals surface area (Å²) in [5, 5.41) is 3.58. The molecule has 0 spiro atoms. The first-order chi connectivity index (χ1) is 7.65. The summed E-state index contributed by atoms with van der Waals surface area (Å²) in [7, 11) is 0. The van der Waals surface area contributed by atoms with Gasteiger partial charge in [-0.15, -0.1) is 0 Å². The van der Waals surface area contributed by atoms with Crippen molar-refractivity contribution in [2.24, 2.45) is 11.8 Å². The molecule has 1 N–H and O–H groups in total. The van der Waals surface area contributed by atoms with E-state index in [2.05, 4.69) is 33.2 Å². The van der Waals surface area contributed by atoms with E-state index in [-0.39, 0.29) is 11.8 Å². The first kappa shape index (κ1) is 12.0. The summed E-state index contributed by atoms with van der Waals surface area (Å²) in [6, 6.07) is 0. The number of anilines is 1. The van der Waals surface area contributed by atoms with Gasteiger partial charge in [0.1, 0.15) is 0 Å². The molecule has 1 fully saturated rings. The lowest BCUT2D eigenvalue weighted by Gasteiger charge is -2.24. The molecule has 0 bridgehead atoms. The average molecular weight is 303 g/mol. The van der Waals surface area contributed by atoms with Gasteiger partial charge in [-0.25, -0.2) is 4.98 Å². The Morgan fingerprint density at radius 3 is 2.75 bits per heavy atom. The van der Waals surface area contributed by atoms with Gasteiger partial charge in [0, 0.05) is 5.92 Å². The number of nitrogens with one attached hydrogen (secondary N) is 1. The zero-order valence-corrected chi connectivity index (χ0v) is 11.6. The molecule has 0 unspecified atom stereocenters. The van der Waals surface area contributed by atoms with Gasteiger partial charge in [0.2, 0.25) is 5.91 Å². The van der Waals surface area contributed by atoms with Crippen LogP contribution >= 0.6 is 27.3 Å². The number of hydrogen-bond acceptors (Lipinski definition) is 3. The molecule has 5 heteroatoms. The fourth-order valence-electron chi connectivity index (χ4n) is 2.04. The van der Waals surface area contributed by atoms with Crippen LogP contribution in [0, 0.1) is 11.8 Å². The quantitative estimate of drug-likeness (QED) is 0.905. The van der Waals surface area contributed by atoms with E-state index in [1.54, 1.807) is 6.20 Å². The number of hydrogen-bond donors (Lipinski definition) is 1. The third kappa shape index (κ3) is 3.04. The molecule has 0 aliphatic heterocycles. The van der Waals surface area contributed by atoms with Gasteiger partial charge in [-0.3, -0.25) is 4.79 Å². The van der Waals surface area contributed by atoms with Crippen molar-refractivity contribution in [2.45, 2.75) is 32.6 Å². The summed E-state index contributed by atoms with van der Waals surface area (Å²) in [4.78, 5) is 16.0. The molecule has 1 aromatic rings. The molecule has 1 saturated carbocycles. The van der Waals surface area contributed by atoms with Crippen LogP contribution in [0.1, 0.15) is 32.6 Å². The van der Waals surface area contributed by atoms with Gasteiger partial charge in [-0.2, -0.15) is 0 Å². The lowest BCUT2D eigenvalue weighted by molar-refractivity contribution is -0.121. The van der Waals surface area contributed by atoms with Gasteiger partial charge in [0.15, 0.2) is 5.13 Å². The second-order valence-electron chi connectivity index (χ2n) is 4.42. The number of carbonyl (C=O) groups is 1. The Kier molecular flexibility index (Phi) is 3.97. The first-order valence-corrected chi connectivity index (χ1v) is 7.18. The molecule has 1 aliphatic rings. The number of nitrogens with zero attached hydrogens (tertiary/aromatic N) is 1. The smallest absolute Gasteiger partial charge is 0.229 e. The Balaban J connectivity index is 1.88. The summed E-state index contributed by atoms with van der Waals surface area (Å²) >= 11 is 4.78. The van der Waals surface area contributed by atoms with Crippen LogP contribution in [0.2, 0.25) is 0 Å². The number of rotatable bonds is 2. The van der Waals surface area contributed by atoms with Crippen molar-refractivity contribution in [3.63, 3.8) is 0 Å². The van der Waals surface area contributed by atoms with Crippen LogP contribution in [0.25, 0.3) is 0 Å². The minimum absolute atomic E-state index is 0.133. The van der Waals surface area contributed by atoms with Crippen LogP contribution in [-0.2, 0) is 4.79 Å². The van der Waals surface area contributed by atoms with Crippen LogP contribution in [0.3, 0.4) is 0 Å². The van der Waals surface area contributed by atoms with Crippen LogP contribution in [-0.4, -0.2) is 10.9 Å². The number of halogens is 1. The normalized spacial score (nSPS) is 25.4. The van der Waals surface area contributed by atoms with E-state index in [4.69, 9.17) is 0 Å². The van der Waals surface area contributed by atoms with E-state index in [1.807, 2.05) is 0 Å². The van der Waals surface area contributed by atoms with Gasteiger partial charge < -0.3 is 5.32 Å². The SMILES string of the molecule is CC1CCC(C(=O)Nc2ncc(Br)s2)CC1. The molecule has 1 heterocycles. The molecule has 0 atom stereocenters. The third-order valence-corrected chi connectivity index (χ3v) is 4.49. The second-order valence-corrected chi connectivity index (χ2v) is 6.83. The van der Waals surface area contributed by atoms with Crippen molar-refractivity contribution in [1.29, 1.82) is 0 Å². The molecule has 0 radical (unpaired) electrons. The molecule has 0 saturated heterocycles.